The van der Waals surface area contributed by atoms with E-state index in [1.807, 2.05) is 18.2 Å². The monoisotopic (exact) mass is 273 g/mol. The molecule has 0 fully saturated rings. The zero-order valence-electron chi connectivity index (χ0n) is 10.8. The fraction of sp³-hybridized carbons (Fsp3) is 0.571. The molecule has 0 spiro atoms. The van der Waals surface area contributed by atoms with E-state index in [0.29, 0.717) is 12.0 Å². The highest BCUT2D eigenvalue weighted by molar-refractivity contribution is 6.35. The van der Waals surface area contributed by atoms with Gasteiger partial charge in [0.2, 0.25) is 0 Å². The summed E-state index contributed by atoms with van der Waals surface area (Å²) in [7, 11) is 0. The van der Waals surface area contributed by atoms with Crippen molar-refractivity contribution in [3.05, 3.63) is 33.8 Å². The summed E-state index contributed by atoms with van der Waals surface area (Å²) in [6, 6.07) is 6.12. The molecule has 17 heavy (non-hydrogen) atoms. The maximum absolute atomic E-state index is 6.20. The van der Waals surface area contributed by atoms with Gasteiger partial charge in [-0.3, -0.25) is 0 Å². The van der Waals surface area contributed by atoms with Gasteiger partial charge < -0.3 is 5.32 Å². The van der Waals surface area contributed by atoms with Crippen LogP contribution >= 0.6 is 23.2 Å². The summed E-state index contributed by atoms with van der Waals surface area (Å²) < 4.78 is 0. The fourth-order valence-corrected chi connectivity index (χ4v) is 2.37. The molecule has 0 aliphatic carbocycles. The van der Waals surface area contributed by atoms with Crippen molar-refractivity contribution in [2.75, 3.05) is 6.54 Å². The van der Waals surface area contributed by atoms with Gasteiger partial charge in [0.15, 0.2) is 0 Å². The van der Waals surface area contributed by atoms with E-state index in [0.717, 1.165) is 35.0 Å². The Balaban J connectivity index is 2.78. The molecule has 0 heterocycles. The first-order valence-electron chi connectivity index (χ1n) is 6.22. The molecule has 1 rings (SSSR count). The Hall–Kier alpha value is -0.240. The van der Waals surface area contributed by atoms with Gasteiger partial charge in [0.05, 0.1) is 0 Å². The van der Waals surface area contributed by atoms with E-state index in [-0.39, 0.29) is 0 Å². The molecule has 0 saturated carbocycles. The molecular weight excluding hydrogens is 253 g/mol. The molecule has 1 atom stereocenters. The van der Waals surface area contributed by atoms with E-state index in [9.17, 15) is 0 Å². The molecule has 0 aliphatic heterocycles. The molecule has 1 N–H and O–H groups in total. The van der Waals surface area contributed by atoms with E-state index in [1.165, 1.54) is 0 Å². The minimum Gasteiger partial charge on any atom is -0.313 e. The molecule has 1 unspecified atom stereocenters. The van der Waals surface area contributed by atoms with Gasteiger partial charge in [0, 0.05) is 16.1 Å². The second-order valence-electron chi connectivity index (χ2n) is 4.71. The number of halogens is 2. The number of rotatable bonds is 6. The van der Waals surface area contributed by atoms with Gasteiger partial charge in [-0.2, -0.15) is 0 Å². The summed E-state index contributed by atoms with van der Waals surface area (Å²) in [5.41, 5.74) is 1.05. The van der Waals surface area contributed by atoms with Crippen molar-refractivity contribution >= 4 is 23.2 Å². The van der Waals surface area contributed by atoms with E-state index in [2.05, 4.69) is 26.1 Å². The zero-order valence-corrected chi connectivity index (χ0v) is 12.3. The lowest BCUT2D eigenvalue weighted by molar-refractivity contribution is 0.397. The lowest BCUT2D eigenvalue weighted by atomic mass is 9.96. The minimum absolute atomic E-state index is 0.423. The molecular formula is C14H21Cl2N. The van der Waals surface area contributed by atoms with E-state index >= 15 is 0 Å². The lowest BCUT2D eigenvalue weighted by Gasteiger charge is -2.23. The molecule has 1 aromatic carbocycles. The summed E-state index contributed by atoms with van der Waals surface area (Å²) in [5.74, 6) is 0.564. The standard InChI is InChI=1S/C14H21Cl2N/c1-4-8-17-14(10(2)3)9-11-12(15)6-5-7-13(11)16/h5-7,10,14,17H,4,8-9H2,1-3H3. The van der Waals surface area contributed by atoms with Crippen molar-refractivity contribution in [2.24, 2.45) is 5.92 Å². The Morgan fingerprint density at radius 3 is 2.24 bits per heavy atom. The zero-order chi connectivity index (χ0) is 12.8. The molecule has 0 aromatic heterocycles. The van der Waals surface area contributed by atoms with Gasteiger partial charge in [-0.1, -0.05) is 50.0 Å². The summed E-state index contributed by atoms with van der Waals surface area (Å²) in [6.45, 7) is 7.65. The van der Waals surface area contributed by atoms with Crippen LogP contribution < -0.4 is 5.32 Å². The number of benzene rings is 1. The number of hydrogen-bond donors (Lipinski definition) is 1. The number of nitrogens with one attached hydrogen (secondary N) is 1. The summed E-state index contributed by atoms with van der Waals surface area (Å²) >= 11 is 12.4. The first kappa shape index (κ1) is 14.8. The lowest BCUT2D eigenvalue weighted by Crippen LogP contribution is -2.36. The second kappa shape index (κ2) is 7.25. The normalized spacial score (nSPS) is 13.1. The average Bonchev–Trinajstić information content (AvgIpc) is 2.27. The van der Waals surface area contributed by atoms with Crippen LogP contribution in [0.25, 0.3) is 0 Å². The maximum Gasteiger partial charge on any atom is 0.0453 e. The van der Waals surface area contributed by atoms with E-state index < -0.39 is 0 Å². The van der Waals surface area contributed by atoms with Crippen molar-refractivity contribution in [3.63, 3.8) is 0 Å². The van der Waals surface area contributed by atoms with E-state index in [4.69, 9.17) is 23.2 Å². The van der Waals surface area contributed by atoms with Crippen LogP contribution in [0.5, 0.6) is 0 Å². The maximum atomic E-state index is 6.20. The molecule has 3 heteroatoms. The highest BCUT2D eigenvalue weighted by Gasteiger charge is 2.16. The Kier molecular flexibility index (Phi) is 6.32. The third kappa shape index (κ3) is 4.50. The predicted octanol–water partition coefficient (Wildman–Crippen LogP) is 4.56. The largest absolute Gasteiger partial charge is 0.313 e. The predicted molar refractivity (Wildman–Crippen MR) is 77.1 cm³/mol. The molecule has 0 radical (unpaired) electrons. The van der Waals surface area contributed by atoms with Crippen molar-refractivity contribution < 1.29 is 0 Å². The van der Waals surface area contributed by atoms with Gasteiger partial charge in [-0.15, -0.1) is 0 Å². The van der Waals surface area contributed by atoms with Gasteiger partial charge in [0.1, 0.15) is 0 Å². The van der Waals surface area contributed by atoms with Crippen LogP contribution in [0.15, 0.2) is 18.2 Å². The van der Waals surface area contributed by atoms with Crippen LogP contribution in [0, 0.1) is 5.92 Å². The minimum atomic E-state index is 0.423. The van der Waals surface area contributed by atoms with Gasteiger partial charge in [-0.25, -0.2) is 0 Å². The molecule has 96 valence electrons. The molecule has 0 saturated heterocycles. The third-order valence-corrected chi connectivity index (χ3v) is 3.66. The quantitative estimate of drug-likeness (QED) is 0.801. The highest BCUT2D eigenvalue weighted by atomic mass is 35.5. The molecule has 0 bridgehead atoms. The Morgan fingerprint density at radius 1 is 1.18 bits per heavy atom. The van der Waals surface area contributed by atoms with Crippen LogP contribution in [0.4, 0.5) is 0 Å². The molecule has 1 aromatic rings. The fourth-order valence-electron chi connectivity index (χ4n) is 1.82. The topological polar surface area (TPSA) is 12.0 Å². The van der Waals surface area contributed by atoms with Crippen LogP contribution in [-0.2, 0) is 6.42 Å². The summed E-state index contributed by atoms with van der Waals surface area (Å²) in [6.07, 6.45) is 2.02. The molecule has 1 nitrogen and oxygen atoms in total. The van der Waals surface area contributed by atoms with Crippen LogP contribution in [0.2, 0.25) is 10.0 Å². The Labute approximate surface area is 115 Å². The van der Waals surface area contributed by atoms with E-state index in [1.54, 1.807) is 0 Å². The molecule has 0 aliphatic rings. The highest BCUT2D eigenvalue weighted by Crippen LogP contribution is 2.26. The van der Waals surface area contributed by atoms with Crippen molar-refractivity contribution in [3.8, 4) is 0 Å². The second-order valence-corrected chi connectivity index (χ2v) is 5.52. The van der Waals surface area contributed by atoms with Crippen molar-refractivity contribution in [1.29, 1.82) is 0 Å². The summed E-state index contributed by atoms with van der Waals surface area (Å²) in [4.78, 5) is 0. The Morgan fingerprint density at radius 2 is 1.76 bits per heavy atom. The smallest absolute Gasteiger partial charge is 0.0453 e. The molecule has 0 amide bonds. The first-order valence-corrected chi connectivity index (χ1v) is 6.98. The van der Waals surface area contributed by atoms with Gasteiger partial charge >= 0.3 is 0 Å². The van der Waals surface area contributed by atoms with Crippen LogP contribution in [0.3, 0.4) is 0 Å². The average molecular weight is 274 g/mol. The van der Waals surface area contributed by atoms with Gasteiger partial charge in [0.25, 0.3) is 0 Å². The Bertz CT molecular complexity index is 330. The number of hydrogen-bond acceptors (Lipinski definition) is 1. The third-order valence-electron chi connectivity index (χ3n) is 2.95. The SMILES string of the molecule is CCCNC(Cc1c(Cl)cccc1Cl)C(C)C. The van der Waals surface area contributed by atoms with Crippen LogP contribution in [0.1, 0.15) is 32.8 Å². The summed E-state index contributed by atoms with van der Waals surface area (Å²) in [5, 5.41) is 5.08. The van der Waals surface area contributed by atoms with Crippen molar-refractivity contribution in [2.45, 2.75) is 39.7 Å². The van der Waals surface area contributed by atoms with Gasteiger partial charge in [-0.05, 0) is 43.0 Å². The van der Waals surface area contributed by atoms with Crippen molar-refractivity contribution in [1.82, 2.24) is 5.32 Å². The van der Waals surface area contributed by atoms with Crippen LogP contribution in [-0.4, -0.2) is 12.6 Å². The first-order chi connectivity index (χ1) is 8.06.